The highest BCUT2D eigenvalue weighted by atomic mass is 32.2. The van der Waals surface area contributed by atoms with Crippen molar-refractivity contribution in [3.63, 3.8) is 0 Å². The van der Waals surface area contributed by atoms with Crippen LogP contribution in [0.4, 0.5) is 11.4 Å². The van der Waals surface area contributed by atoms with Gasteiger partial charge in [0.15, 0.2) is 4.90 Å². The van der Waals surface area contributed by atoms with Crippen LogP contribution in [0.15, 0.2) is 23.1 Å². The van der Waals surface area contributed by atoms with Crippen molar-refractivity contribution in [3.05, 3.63) is 28.3 Å². The van der Waals surface area contributed by atoms with Crippen LogP contribution in [0.3, 0.4) is 0 Å². The van der Waals surface area contributed by atoms with E-state index in [0.29, 0.717) is 12.2 Å². The summed E-state index contributed by atoms with van der Waals surface area (Å²) in [6, 6.07) is 4.08. The molecule has 7 nitrogen and oxygen atoms in total. The number of sulfonamides is 1. The average Bonchev–Trinajstić information content (AvgIpc) is 2.78. The van der Waals surface area contributed by atoms with Crippen LogP contribution < -0.4 is 5.32 Å². The first-order valence-electron chi connectivity index (χ1n) is 6.69. The molecule has 0 bridgehead atoms. The summed E-state index contributed by atoms with van der Waals surface area (Å²) < 4.78 is 26.9. The number of anilines is 1. The first-order valence-corrected chi connectivity index (χ1v) is 8.13. The maximum atomic E-state index is 12.8. The predicted octanol–water partition coefficient (Wildman–Crippen LogP) is 2.20. The van der Waals surface area contributed by atoms with Crippen LogP contribution in [0, 0.1) is 10.1 Å². The summed E-state index contributed by atoms with van der Waals surface area (Å²) in [5, 5.41) is 14.0. The van der Waals surface area contributed by atoms with E-state index in [1.165, 1.54) is 22.5 Å². The molecule has 0 atom stereocenters. The molecule has 1 saturated heterocycles. The lowest BCUT2D eigenvalue weighted by Crippen LogP contribution is -2.42. The molecular formula is C13H19N3O4S. The van der Waals surface area contributed by atoms with Crippen molar-refractivity contribution in [1.82, 2.24) is 4.31 Å². The van der Waals surface area contributed by atoms with Gasteiger partial charge in [-0.05, 0) is 38.8 Å². The molecule has 0 radical (unpaired) electrons. The molecule has 0 aromatic heterocycles. The van der Waals surface area contributed by atoms with E-state index in [-0.39, 0.29) is 4.90 Å². The van der Waals surface area contributed by atoms with Gasteiger partial charge >= 0.3 is 0 Å². The SMILES string of the molecule is CNc1ccc(S(=O)(=O)N2CCCC2(C)C)c([N+](=O)[O-])c1. The smallest absolute Gasteiger partial charge is 0.291 e. The van der Waals surface area contributed by atoms with Crippen LogP contribution >= 0.6 is 0 Å². The normalized spacial score (nSPS) is 18.6. The highest BCUT2D eigenvalue weighted by Gasteiger charge is 2.43. The molecule has 21 heavy (non-hydrogen) atoms. The Morgan fingerprint density at radius 1 is 1.38 bits per heavy atom. The van der Waals surface area contributed by atoms with Crippen LogP contribution in [0.2, 0.25) is 0 Å². The lowest BCUT2D eigenvalue weighted by molar-refractivity contribution is -0.387. The van der Waals surface area contributed by atoms with Crippen LogP contribution in [-0.2, 0) is 10.0 Å². The van der Waals surface area contributed by atoms with Gasteiger partial charge in [0.25, 0.3) is 5.69 Å². The van der Waals surface area contributed by atoms with E-state index in [0.717, 1.165) is 12.8 Å². The molecule has 1 aromatic carbocycles. The van der Waals surface area contributed by atoms with Crippen LogP contribution in [0.1, 0.15) is 26.7 Å². The number of nitrogens with one attached hydrogen (secondary N) is 1. The maximum Gasteiger partial charge on any atom is 0.291 e. The number of hydrogen-bond acceptors (Lipinski definition) is 5. The summed E-state index contributed by atoms with van der Waals surface area (Å²) in [7, 11) is -2.26. The Labute approximate surface area is 124 Å². The minimum Gasteiger partial charge on any atom is -0.388 e. The lowest BCUT2D eigenvalue weighted by atomic mass is 10.0. The summed E-state index contributed by atoms with van der Waals surface area (Å²) in [6.45, 7) is 4.07. The average molecular weight is 313 g/mol. The number of nitrogens with zero attached hydrogens (tertiary/aromatic N) is 2. The van der Waals surface area contributed by atoms with Crippen molar-refractivity contribution < 1.29 is 13.3 Å². The van der Waals surface area contributed by atoms with Gasteiger partial charge in [0, 0.05) is 30.9 Å². The summed E-state index contributed by atoms with van der Waals surface area (Å²) in [5.74, 6) is 0. The van der Waals surface area contributed by atoms with Crippen molar-refractivity contribution in [2.45, 2.75) is 37.1 Å². The maximum absolute atomic E-state index is 12.8. The number of nitro benzene ring substituents is 1. The van der Waals surface area contributed by atoms with E-state index in [1.54, 1.807) is 7.05 Å². The van der Waals surface area contributed by atoms with Gasteiger partial charge in [0.1, 0.15) is 0 Å². The van der Waals surface area contributed by atoms with Gasteiger partial charge in [-0.1, -0.05) is 0 Å². The Morgan fingerprint density at radius 3 is 2.52 bits per heavy atom. The van der Waals surface area contributed by atoms with Gasteiger partial charge in [0.05, 0.1) is 4.92 Å². The molecule has 1 fully saturated rings. The summed E-state index contributed by atoms with van der Waals surface area (Å²) in [6.07, 6.45) is 1.50. The predicted molar refractivity (Wildman–Crippen MR) is 79.8 cm³/mol. The Bertz CT molecular complexity index is 670. The third-order valence-corrected chi connectivity index (χ3v) is 6.00. The number of hydrogen-bond donors (Lipinski definition) is 1. The van der Waals surface area contributed by atoms with Crippen LogP contribution in [-0.4, -0.2) is 36.8 Å². The van der Waals surface area contributed by atoms with Gasteiger partial charge in [-0.15, -0.1) is 0 Å². The molecule has 1 N–H and O–H groups in total. The standard InChI is InChI=1S/C13H19N3O4S/c1-13(2)7-4-8-15(13)21(19,20)12-6-5-10(14-3)9-11(12)16(17)18/h5-6,9,14H,4,7-8H2,1-3H3. The fraction of sp³-hybridized carbons (Fsp3) is 0.538. The first kappa shape index (κ1) is 15.7. The molecule has 2 rings (SSSR count). The molecule has 0 saturated carbocycles. The summed E-state index contributed by atoms with van der Waals surface area (Å²) in [5.41, 5.74) is -0.417. The van der Waals surface area contributed by atoms with Gasteiger partial charge in [-0.2, -0.15) is 4.31 Å². The fourth-order valence-electron chi connectivity index (χ4n) is 2.68. The minimum atomic E-state index is -3.88. The molecule has 1 aliphatic heterocycles. The van der Waals surface area contributed by atoms with Crippen molar-refractivity contribution in [1.29, 1.82) is 0 Å². The summed E-state index contributed by atoms with van der Waals surface area (Å²) in [4.78, 5) is 10.3. The molecule has 1 aliphatic rings. The molecule has 0 unspecified atom stereocenters. The van der Waals surface area contributed by atoms with Crippen molar-refractivity contribution >= 4 is 21.4 Å². The zero-order valence-electron chi connectivity index (χ0n) is 12.3. The Morgan fingerprint density at radius 2 is 2.05 bits per heavy atom. The first-order chi connectivity index (χ1) is 9.70. The van der Waals surface area contributed by atoms with E-state index in [2.05, 4.69) is 5.32 Å². The Balaban J connectivity index is 2.57. The third kappa shape index (κ3) is 2.73. The highest BCUT2D eigenvalue weighted by molar-refractivity contribution is 7.89. The zero-order valence-corrected chi connectivity index (χ0v) is 13.1. The number of nitro groups is 1. The second-order valence-electron chi connectivity index (χ2n) is 5.68. The van der Waals surface area contributed by atoms with Crippen molar-refractivity contribution in [3.8, 4) is 0 Å². The number of benzene rings is 1. The molecule has 1 aromatic rings. The van der Waals surface area contributed by atoms with E-state index < -0.39 is 26.2 Å². The molecule has 0 amide bonds. The van der Waals surface area contributed by atoms with Crippen molar-refractivity contribution in [2.75, 3.05) is 18.9 Å². The van der Waals surface area contributed by atoms with Crippen LogP contribution in [0.25, 0.3) is 0 Å². The summed E-state index contributed by atoms with van der Waals surface area (Å²) >= 11 is 0. The van der Waals surface area contributed by atoms with Gasteiger partial charge in [-0.3, -0.25) is 10.1 Å². The minimum absolute atomic E-state index is 0.249. The largest absolute Gasteiger partial charge is 0.388 e. The Hall–Kier alpha value is -1.67. The molecular weight excluding hydrogens is 294 g/mol. The van der Waals surface area contributed by atoms with Crippen molar-refractivity contribution in [2.24, 2.45) is 0 Å². The molecule has 0 aliphatic carbocycles. The molecule has 1 heterocycles. The monoisotopic (exact) mass is 313 g/mol. The quantitative estimate of drug-likeness (QED) is 0.679. The Kier molecular flexibility index (Phi) is 3.94. The van der Waals surface area contributed by atoms with E-state index in [9.17, 15) is 18.5 Å². The number of rotatable bonds is 4. The molecule has 116 valence electrons. The fourth-order valence-corrected chi connectivity index (χ4v) is 4.67. The zero-order chi connectivity index (χ0) is 15.8. The molecule has 8 heteroatoms. The van der Waals surface area contributed by atoms with Gasteiger partial charge in [-0.25, -0.2) is 8.42 Å². The van der Waals surface area contributed by atoms with E-state index in [1.807, 2.05) is 13.8 Å². The topological polar surface area (TPSA) is 92.6 Å². The second-order valence-corrected chi connectivity index (χ2v) is 7.51. The van der Waals surface area contributed by atoms with E-state index >= 15 is 0 Å². The highest BCUT2D eigenvalue weighted by Crippen LogP contribution is 2.37. The van der Waals surface area contributed by atoms with E-state index in [4.69, 9.17) is 0 Å². The third-order valence-electron chi connectivity index (χ3n) is 3.84. The van der Waals surface area contributed by atoms with Gasteiger partial charge < -0.3 is 5.32 Å². The second kappa shape index (κ2) is 5.27. The van der Waals surface area contributed by atoms with Gasteiger partial charge in [0.2, 0.25) is 10.0 Å². The lowest BCUT2D eigenvalue weighted by Gasteiger charge is -2.30. The molecule has 0 spiro atoms. The van der Waals surface area contributed by atoms with Crippen LogP contribution in [0.5, 0.6) is 0 Å².